The molecule has 0 atom stereocenters. The van der Waals surface area contributed by atoms with Gasteiger partial charge >= 0.3 is 0 Å². The van der Waals surface area contributed by atoms with Crippen LogP contribution in [0.2, 0.25) is 0 Å². The van der Waals surface area contributed by atoms with E-state index in [2.05, 4.69) is 92.1 Å². The Hall–Kier alpha value is -2.87. The molecule has 3 aromatic carbocycles. The SMILES string of the molecule is Cc1ccc2c(c1)nc(-c1ccccc1)n2-c1ccccc1CC(C)C. The van der Waals surface area contributed by atoms with Crippen LogP contribution >= 0.6 is 0 Å². The molecule has 0 spiro atoms. The van der Waals surface area contributed by atoms with Crippen LogP contribution in [0.5, 0.6) is 0 Å². The summed E-state index contributed by atoms with van der Waals surface area (Å²) in [4.78, 5) is 5.00. The van der Waals surface area contributed by atoms with Crippen LogP contribution in [0.1, 0.15) is 25.0 Å². The lowest BCUT2D eigenvalue weighted by atomic mass is 10.0. The molecule has 2 nitrogen and oxygen atoms in total. The van der Waals surface area contributed by atoms with Crippen molar-refractivity contribution in [3.05, 3.63) is 83.9 Å². The standard InChI is InChI=1S/C24H24N2/c1-17(2)15-20-11-7-8-12-22(20)26-23-14-13-18(3)16-21(23)25-24(26)19-9-5-4-6-10-19/h4-14,16-17H,15H2,1-3H3. The zero-order valence-corrected chi connectivity index (χ0v) is 15.6. The van der Waals surface area contributed by atoms with Gasteiger partial charge in [0.15, 0.2) is 0 Å². The Morgan fingerprint density at radius 3 is 2.38 bits per heavy atom. The average Bonchev–Trinajstić information content (AvgIpc) is 3.01. The zero-order valence-electron chi connectivity index (χ0n) is 15.6. The first-order chi connectivity index (χ1) is 12.6. The van der Waals surface area contributed by atoms with Crippen molar-refractivity contribution in [2.24, 2.45) is 5.92 Å². The number of hydrogen-bond donors (Lipinski definition) is 0. The highest BCUT2D eigenvalue weighted by Gasteiger charge is 2.16. The average molecular weight is 340 g/mol. The number of hydrogen-bond acceptors (Lipinski definition) is 1. The van der Waals surface area contributed by atoms with Crippen molar-refractivity contribution in [3.8, 4) is 17.1 Å². The highest BCUT2D eigenvalue weighted by molar-refractivity contribution is 5.84. The molecule has 0 aliphatic rings. The third-order valence-electron chi connectivity index (χ3n) is 4.70. The number of fused-ring (bicyclic) bond motifs is 1. The van der Waals surface area contributed by atoms with E-state index in [0.29, 0.717) is 5.92 Å². The van der Waals surface area contributed by atoms with Crippen LogP contribution in [0, 0.1) is 12.8 Å². The third-order valence-corrected chi connectivity index (χ3v) is 4.70. The van der Waals surface area contributed by atoms with Crippen molar-refractivity contribution >= 4 is 11.0 Å². The third kappa shape index (κ3) is 3.03. The van der Waals surface area contributed by atoms with Gasteiger partial charge < -0.3 is 0 Å². The Morgan fingerprint density at radius 2 is 1.62 bits per heavy atom. The summed E-state index contributed by atoms with van der Waals surface area (Å²) in [6.07, 6.45) is 1.05. The van der Waals surface area contributed by atoms with E-state index >= 15 is 0 Å². The van der Waals surface area contributed by atoms with Gasteiger partial charge in [0.2, 0.25) is 0 Å². The predicted molar refractivity (Wildman–Crippen MR) is 110 cm³/mol. The summed E-state index contributed by atoms with van der Waals surface area (Å²) in [6.45, 7) is 6.65. The first-order valence-electron chi connectivity index (χ1n) is 9.26. The van der Waals surface area contributed by atoms with Gasteiger partial charge in [0, 0.05) is 5.56 Å². The molecule has 0 radical (unpaired) electrons. The van der Waals surface area contributed by atoms with Crippen LogP contribution in [0.15, 0.2) is 72.8 Å². The van der Waals surface area contributed by atoms with Crippen LogP contribution in [-0.2, 0) is 6.42 Å². The monoisotopic (exact) mass is 340 g/mol. The Balaban J connectivity index is 2.03. The molecule has 0 fully saturated rings. The second-order valence-electron chi connectivity index (χ2n) is 7.36. The first kappa shape index (κ1) is 16.6. The van der Waals surface area contributed by atoms with E-state index in [1.54, 1.807) is 0 Å². The molecule has 0 unspecified atom stereocenters. The van der Waals surface area contributed by atoms with E-state index in [1.165, 1.54) is 16.8 Å². The maximum absolute atomic E-state index is 5.00. The number of benzene rings is 3. The number of nitrogens with zero attached hydrogens (tertiary/aromatic N) is 2. The minimum Gasteiger partial charge on any atom is -0.292 e. The Kier molecular flexibility index (Phi) is 4.34. The lowest BCUT2D eigenvalue weighted by Crippen LogP contribution is -2.04. The van der Waals surface area contributed by atoms with Gasteiger partial charge in [0.1, 0.15) is 5.82 Å². The number of aryl methyl sites for hydroxylation is 1. The molecule has 0 N–H and O–H groups in total. The Morgan fingerprint density at radius 1 is 0.885 bits per heavy atom. The summed E-state index contributed by atoms with van der Waals surface area (Å²) in [7, 11) is 0. The fourth-order valence-corrected chi connectivity index (χ4v) is 3.56. The lowest BCUT2D eigenvalue weighted by Gasteiger charge is -2.16. The van der Waals surface area contributed by atoms with Crippen LogP contribution in [0.3, 0.4) is 0 Å². The van der Waals surface area contributed by atoms with Gasteiger partial charge in [0.25, 0.3) is 0 Å². The maximum Gasteiger partial charge on any atom is 0.145 e. The highest BCUT2D eigenvalue weighted by atomic mass is 15.1. The molecule has 0 saturated heterocycles. The van der Waals surface area contributed by atoms with E-state index in [1.807, 2.05) is 6.07 Å². The van der Waals surface area contributed by atoms with E-state index < -0.39 is 0 Å². The van der Waals surface area contributed by atoms with Gasteiger partial charge in [-0.25, -0.2) is 4.98 Å². The fourth-order valence-electron chi connectivity index (χ4n) is 3.56. The molecule has 0 bridgehead atoms. The summed E-state index contributed by atoms with van der Waals surface area (Å²) >= 11 is 0. The van der Waals surface area contributed by atoms with Gasteiger partial charge in [-0.15, -0.1) is 0 Å². The molecule has 130 valence electrons. The van der Waals surface area contributed by atoms with Gasteiger partial charge in [-0.3, -0.25) is 4.57 Å². The number of para-hydroxylation sites is 1. The van der Waals surface area contributed by atoms with Gasteiger partial charge in [-0.1, -0.05) is 68.4 Å². The minimum atomic E-state index is 0.605. The van der Waals surface area contributed by atoms with Crippen LogP contribution in [0.25, 0.3) is 28.1 Å². The first-order valence-corrected chi connectivity index (χ1v) is 9.26. The van der Waals surface area contributed by atoms with Crippen molar-refractivity contribution in [2.75, 3.05) is 0 Å². The summed E-state index contributed by atoms with van der Waals surface area (Å²) in [5, 5.41) is 0. The number of rotatable bonds is 4. The largest absolute Gasteiger partial charge is 0.292 e. The van der Waals surface area contributed by atoms with Crippen molar-refractivity contribution in [2.45, 2.75) is 27.2 Å². The Labute approximate surface area is 155 Å². The van der Waals surface area contributed by atoms with Gasteiger partial charge in [0.05, 0.1) is 16.7 Å². The second-order valence-corrected chi connectivity index (χ2v) is 7.36. The molecule has 4 aromatic rings. The molecule has 0 aliphatic heterocycles. The van der Waals surface area contributed by atoms with E-state index in [0.717, 1.165) is 28.8 Å². The van der Waals surface area contributed by atoms with Gasteiger partial charge in [-0.2, -0.15) is 0 Å². The van der Waals surface area contributed by atoms with Crippen molar-refractivity contribution in [1.29, 1.82) is 0 Å². The molecule has 26 heavy (non-hydrogen) atoms. The van der Waals surface area contributed by atoms with Gasteiger partial charge in [-0.05, 0) is 48.6 Å². The molecular weight excluding hydrogens is 316 g/mol. The van der Waals surface area contributed by atoms with Crippen LogP contribution in [0.4, 0.5) is 0 Å². The van der Waals surface area contributed by atoms with Crippen LogP contribution < -0.4 is 0 Å². The summed E-state index contributed by atoms with van der Waals surface area (Å²) in [6, 6.07) is 25.7. The van der Waals surface area contributed by atoms with E-state index in [4.69, 9.17) is 4.98 Å². The maximum atomic E-state index is 5.00. The fraction of sp³-hybridized carbons (Fsp3) is 0.208. The molecule has 1 aromatic heterocycles. The summed E-state index contributed by atoms with van der Waals surface area (Å²) in [5.41, 5.74) is 7.16. The lowest BCUT2D eigenvalue weighted by molar-refractivity contribution is 0.645. The van der Waals surface area contributed by atoms with Crippen molar-refractivity contribution in [3.63, 3.8) is 0 Å². The van der Waals surface area contributed by atoms with Crippen molar-refractivity contribution in [1.82, 2.24) is 9.55 Å². The van der Waals surface area contributed by atoms with E-state index in [9.17, 15) is 0 Å². The molecule has 1 heterocycles. The molecule has 0 aliphatic carbocycles. The minimum absolute atomic E-state index is 0.605. The van der Waals surface area contributed by atoms with Crippen molar-refractivity contribution < 1.29 is 0 Å². The molecule has 2 heteroatoms. The summed E-state index contributed by atoms with van der Waals surface area (Å²) in [5.74, 6) is 1.61. The van der Waals surface area contributed by atoms with E-state index in [-0.39, 0.29) is 0 Å². The Bertz CT molecular complexity index is 1040. The highest BCUT2D eigenvalue weighted by Crippen LogP contribution is 2.31. The molecular formula is C24H24N2. The second kappa shape index (κ2) is 6.80. The molecule has 0 amide bonds. The predicted octanol–water partition coefficient (Wildman–Crippen LogP) is 6.20. The topological polar surface area (TPSA) is 17.8 Å². The number of imidazole rings is 1. The quantitative estimate of drug-likeness (QED) is 0.432. The summed E-state index contributed by atoms with van der Waals surface area (Å²) < 4.78 is 2.32. The van der Waals surface area contributed by atoms with Crippen LogP contribution in [-0.4, -0.2) is 9.55 Å². The zero-order chi connectivity index (χ0) is 18.1. The number of aromatic nitrogens is 2. The normalized spacial score (nSPS) is 11.4. The smallest absolute Gasteiger partial charge is 0.145 e. The molecule has 4 rings (SSSR count). The molecule has 0 saturated carbocycles.